The number of rotatable bonds is 5. The second-order valence-corrected chi connectivity index (χ2v) is 6.23. The van der Waals surface area contributed by atoms with E-state index in [-0.39, 0.29) is 0 Å². The van der Waals surface area contributed by atoms with Gasteiger partial charge in [-0.25, -0.2) is 4.99 Å². The van der Waals surface area contributed by atoms with Gasteiger partial charge in [0, 0.05) is 19.6 Å². The standard InChI is InChI=1S/C18H30N4/c1-3-21(2)15-17-10-8-9-16(13-17)14-20-18(19)22-11-6-4-5-7-12-22/h8-10,13H,3-7,11-12,14-15H2,1-2H3,(H2,19,20). The third-order valence-corrected chi connectivity index (χ3v) is 4.34. The number of benzene rings is 1. The van der Waals surface area contributed by atoms with Crippen LogP contribution in [0, 0.1) is 0 Å². The number of nitrogens with two attached hydrogens (primary N) is 1. The second kappa shape index (κ2) is 8.79. The van der Waals surface area contributed by atoms with Crippen molar-refractivity contribution in [3.8, 4) is 0 Å². The molecule has 0 radical (unpaired) electrons. The Kier molecular flexibility index (Phi) is 6.72. The highest BCUT2D eigenvalue weighted by atomic mass is 15.2. The topological polar surface area (TPSA) is 44.9 Å². The molecule has 1 aliphatic heterocycles. The molecule has 2 rings (SSSR count). The molecule has 2 N–H and O–H groups in total. The number of hydrogen-bond donors (Lipinski definition) is 1. The Morgan fingerprint density at radius 3 is 2.55 bits per heavy atom. The van der Waals surface area contributed by atoms with Crippen LogP contribution in [0.3, 0.4) is 0 Å². The number of aliphatic imine (C=N–C) groups is 1. The first-order valence-electron chi connectivity index (χ1n) is 8.50. The van der Waals surface area contributed by atoms with Gasteiger partial charge >= 0.3 is 0 Å². The van der Waals surface area contributed by atoms with Gasteiger partial charge in [-0.2, -0.15) is 0 Å². The molecule has 4 nitrogen and oxygen atoms in total. The summed E-state index contributed by atoms with van der Waals surface area (Å²) in [5.74, 6) is 0.706. The van der Waals surface area contributed by atoms with Crippen LogP contribution in [0.5, 0.6) is 0 Å². The highest BCUT2D eigenvalue weighted by Crippen LogP contribution is 2.11. The molecule has 0 aliphatic carbocycles. The lowest BCUT2D eigenvalue weighted by atomic mass is 10.1. The highest BCUT2D eigenvalue weighted by Gasteiger charge is 2.10. The SMILES string of the molecule is CCN(C)Cc1cccc(CN=C(N)N2CCCCCC2)c1. The van der Waals surface area contributed by atoms with E-state index in [1.165, 1.54) is 36.8 Å². The van der Waals surface area contributed by atoms with Crippen molar-refractivity contribution in [2.24, 2.45) is 10.7 Å². The molecule has 22 heavy (non-hydrogen) atoms. The third-order valence-electron chi connectivity index (χ3n) is 4.34. The van der Waals surface area contributed by atoms with Gasteiger partial charge in [-0.05, 0) is 37.6 Å². The van der Waals surface area contributed by atoms with Crippen molar-refractivity contribution in [3.63, 3.8) is 0 Å². The van der Waals surface area contributed by atoms with Crippen LogP contribution in [-0.4, -0.2) is 42.4 Å². The summed E-state index contributed by atoms with van der Waals surface area (Å²) in [7, 11) is 2.14. The van der Waals surface area contributed by atoms with Gasteiger partial charge in [0.25, 0.3) is 0 Å². The molecule has 0 bridgehead atoms. The molecule has 0 aromatic heterocycles. The number of hydrogen-bond acceptors (Lipinski definition) is 2. The summed E-state index contributed by atoms with van der Waals surface area (Å²) in [5.41, 5.74) is 8.75. The lowest BCUT2D eigenvalue weighted by Gasteiger charge is -2.21. The molecule has 0 saturated carbocycles. The summed E-state index contributed by atoms with van der Waals surface area (Å²) in [6.07, 6.45) is 5.09. The molecule has 1 saturated heterocycles. The summed E-state index contributed by atoms with van der Waals surface area (Å²) < 4.78 is 0. The fourth-order valence-corrected chi connectivity index (χ4v) is 2.82. The minimum atomic E-state index is 0.673. The van der Waals surface area contributed by atoms with Gasteiger partial charge in [0.15, 0.2) is 5.96 Å². The van der Waals surface area contributed by atoms with E-state index < -0.39 is 0 Å². The van der Waals surface area contributed by atoms with Crippen LogP contribution in [0.2, 0.25) is 0 Å². The zero-order valence-corrected chi connectivity index (χ0v) is 14.1. The van der Waals surface area contributed by atoms with Crippen molar-refractivity contribution in [3.05, 3.63) is 35.4 Å². The van der Waals surface area contributed by atoms with Crippen LogP contribution in [0.15, 0.2) is 29.3 Å². The van der Waals surface area contributed by atoms with E-state index in [0.29, 0.717) is 12.5 Å². The lowest BCUT2D eigenvalue weighted by Crippen LogP contribution is -2.38. The molecule has 1 fully saturated rings. The second-order valence-electron chi connectivity index (χ2n) is 6.23. The van der Waals surface area contributed by atoms with Crippen molar-refractivity contribution in [1.82, 2.24) is 9.80 Å². The fraction of sp³-hybridized carbons (Fsp3) is 0.611. The Morgan fingerprint density at radius 1 is 1.18 bits per heavy atom. The summed E-state index contributed by atoms with van der Waals surface area (Å²) in [4.78, 5) is 9.14. The van der Waals surface area contributed by atoms with E-state index in [1.807, 2.05) is 0 Å². The first kappa shape index (κ1) is 16.8. The smallest absolute Gasteiger partial charge is 0.191 e. The summed E-state index contributed by atoms with van der Waals surface area (Å²) >= 11 is 0. The lowest BCUT2D eigenvalue weighted by molar-refractivity contribution is 0.345. The van der Waals surface area contributed by atoms with Crippen LogP contribution in [-0.2, 0) is 13.1 Å². The minimum Gasteiger partial charge on any atom is -0.370 e. The molecule has 1 aromatic carbocycles. The zero-order chi connectivity index (χ0) is 15.8. The Morgan fingerprint density at radius 2 is 1.86 bits per heavy atom. The monoisotopic (exact) mass is 302 g/mol. The van der Waals surface area contributed by atoms with Crippen LogP contribution in [0.1, 0.15) is 43.7 Å². The van der Waals surface area contributed by atoms with Crippen LogP contribution in [0.4, 0.5) is 0 Å². The maximum Gasteiger partial charge on any atom is 0.191 e. The zero-order valence-electron chi connectivity index (χ0n) is 14.1. The maximum atomic E-state index is 6.17. The Labute approximate surface area is 135 Å². The molecule has 0 amide bonds. The van der Waals surface area contributed by atoms with E-state index in [9.17, 15) is 0 Å². The molecule has 1 heterocycles. The third kappa shape index (κ3) is 5.34. The van der Waals surface area contributed by atoms with Gasteiger partial charge in [-0.3, -0.25) is 0 Å². The maximum absolute atomic E-state index is 6.17. The van der Waals surface area contributed by atoms with Crippen molar-refractivity contribution >= 4 is 5.96 Å². The van der Waals surface area contributed by atoms with E-state index in [1.54, 1.807) is 0 Å². The van der Waals surface area contributed by atoms with E-state index in [0.717, 1.165) is 26.2 Å². The van der Waals surface area contributed by atoms with Gasteiger partial charge in [0.05, 0.1) is 6.54 Å². The molecule has 1 aliphatic rings. The molecule has 4 heteroatoms. The molecule has 0 unspecified atom stereocenters. The Bertz CT molecular complexity index is 476. The quantitative estimate of drug-likeness (QED) is 0.672. The Hall–Kier alpha value is -1.55. The molecular formula is C18H30N4. The predicted molar refractivity (Wildman–Crippen MR) is 93.8 cm³/mol. The molecule has 122 valence electrons. The van der Waals surface area contributed by atoms with E-state index >= 15 is 0 Å². The van der Waals surface area contributed by atoms with Gasteiger partial charge < -0.3 is 15.5 Å². The van der Waals surface area contributed by atoms with Crippen molar-refractivity contribution < 1.29 is 0 Å². The first-order valence-corrected chi connectivity index (χ1v) is 8.50. The first-order chi connectivity index (χ1) is 10.7. The van der Waals surface area contributed by atoms with Crippen LogP contribution >= 0.6 is 0 Å². The highest BCUT2D eigenvalue weighted by molar-refractivity contribution is 5.78. The van der Waals surface area contributed by atoms with Crippen molar-refractivity contribution in [2.75, 3.05) is 26.7 Å². The number of guanidine groups is 1. The van der Waals surface area contributed by atoms with E-state index in [2.05, 4.69) is 53.0 Å². The van der Waals surface area contributed by atoms with Gasteiger partial charge in [0.1, 0.15) is 0 Å². The van der Waals surface area contributed by atoms with Gasteiger partial charge in [0.2, 0.25) is 0 Å². The summed E-state index contributed by atoms with van der Waals surface area (Å²) in [6.45, 7) is 7.00. The summed E-state index contributed by atoms with van der Waals surface area (Å²) in [5, 5.41) is 0. The van der Waals surface area contributed by atoms with Crippen molar-refractivity contribution in [2.45, 2.75) is 45.7 Å². The summed E-state index contributed by atoms with van der Waals surface area (Å²) in [6, 6.07) is 8.67. The molecule has 0 spiro atoms. The average Bonchev–Trinajstić information content (AvgIpc) is 2.82. The number of likely N-dealkylation sites (tertiary alicyclic amines) is 1. The molecule has 1 aromatic rings. The molecular weight excluding hydrogens is 272 g/mol. The van der Waals surface area contributed by atoms with Gasteiger partial charge in [-0.1, -0.05) is 44.0 Å². The molecule has 0 atom stereocenters. The van der Waals surface area contributed by atoms with Gasteiger partial charge in [-0.15, -0.1) is 0 Å². The van der Waals surface area contributed by atoms with E-state index in [4.69, 9.17) is 5.73 Å². The van der Waals surface area contributed by atoms with Crippen LogP contribution in [0.25, 0.3) is 0 Å². The average molecular weight is 302 g/mol. The Balaban J connectivity index is 1.94. The largest absolute Gasteiger partial charge is 0.370 e. The number of nitrogens with zero attached hydrogens (tertiary/aromatic N) is 3. The predicted octanol–water partition coefficient (Wildman–Crippen LogP) is 2.83. The van der Waals surface area contributed by atoms with Crippen LogP contribution < -0.4 is 5.73 Å². The minimum absolute atomic E-state index is 0.673. The normalized spacial score (nSPS) is 16.9. The van der Waals surface area contributed by atoms with Crippen molar-refractivity contribution in [1.29, 1.82) is 0 Å². The fourth-order valence-electron chi connectivity index (χ4n) is 2.82.